The van der Waals surface area contributed by atoms with Crippen LogP contribution in [0.4, 0.5) is 0 Å². The molecule has 2 amide bonds. The zero-order chi connectivity index (χ0) is 17.9. The topological polar surface area (TPSA) is 58.2 Å². The second kappa shape index (κ2) is 10.6. The standard InChI is InChI=1S/C17H36N4O2/c1-16(22)18-10-7-12-20(3,4)14-9-15-21(5,6)13-8-11-19-17(2)23/h7-15H2,1-6H3/p+2. The lowest BCUT2D eigenvalue weighted by Gasteiger charge is -2.33. The van der Waals surface area contributed by atoms with Gasteiger partial charge in [-0.05, 0) is 0 Å². The van der Waals surface area contributed by atoms with Crippen molar-refractivity contribution in [2.45, 2.75) is 33.1 Å². The molecular formula is C17H38N4O2+2. The van der Waals surface area contributed by atoms with Crippen LogP contribution in [0.2, 0.25) is 0 Å². The first-order valence-electron chi connectivity index (χ1n) is 8.67. The van der Waals surface area contributed by atoms with Gasteiger partial charge in [-0.15, -0.1) is 0 Å². The number of carbonyl (C=O) groups excluding carboxylic acids is 2. The number of carbonyl (C=O) groups is 2. The van der Waals surface area contributed by atoms with E-state index in [1.807, 2.05) is 0 Å². The summed E-state index contributed by atoms with van der Waals surface area (Å²) in [6.07, 6.45) is 3.21. The van der Waals surface area contributed by atoms with E-state index in [1.165, 1.54) is 6.42 Å². The van der Waals surface area contributed by atoms with E-state index in [-0.39, 0.29) is 11.8 Å². The molecule has 0 unspecified atom stereocenters. The maximum atomic E-state index is 10.9. The van der Waals surface area contributed by atoms with Crippen molar-refractivity contribution in [3.63, 3.8) is 0 Å². The molecule has 0 atom stereocenters. The van der Waals surface area contributed by atoms with Crippen LogP contribution in [0.25, 0.3) is 0 Å². The average Bonchev–Trinajstić information content (AvgIpc) is 2.39. The van der Waals surface area contributed by atoms with E-state index in [9.17, 15) is 9.59 Å². The first-order valence-corrected chi connectivity index (χ1v) is 8.67. The molecule has 0 saturated carbocycles. The van der Waals surface area contributed by atoms with E-state index in [1.54, 1.807) is 13.8 Å². The summed E-state index contributed by atoms with van der Waals surface area (Å²) in [5, 5.41) is 5.71. The molecule has 6 nitrogen and oxygen atoms in total. The molecule has 0 aromatic rings. The largest absolute Gasteiger partial charge is 0.356 e. The molecule has 0 radical (unpaired) electrons. The van der Waals surface area contributed by atoms with E-state index in [0.717, 1.165) is 61.1 Å². The fraction of sp³-hybridized carbons (Fsp3) is 0.882. The van der Waals surface area contributed by atoms with Gasteiger partial charge in [0, 0.05) is 46.2 Å². The summed E-state index contributed by atoms with van der Waals surface area (Å²) in [5.74, 6) is 0.0993. The first-order chi connectivity index (χ1) is 10.5. The van der Waals surface area contributed by atoms with Crippen molar-refractivity contribution < 1.29 is 18.6 Å². The Labute approximate surface area is 142 Å². The van der Waals surface area contributed by atoms with E-state index in [0.29, 0.717) is 0 Å². The third kappa shape index (κ3) is 14.2. The summed E-state index contributed by atoms with van der Waals surface area (Å²) in [7, 11) is 9.02. The number of hydrogen-bond donors (Lipinski definition) is 2. The van der Waals surface area contributed by atoms with Crippen LogP contribution >= 0.6 is 0 Å². The minimum absolute atomic E-state index is 0.0496. The Hall–Kier alpha value is -1.14. The number of nitrogens with one attached hydrogen (secondary N) is 2. The SMILES string of the molecule is CC(=O)NCCC[N+](C)(C)CCC[N+](C)(C)CCCNC(C)=O. The molecule has 0 rings (SSSR count). The molecule has 2 N–H and O–H groups in total. The van der Waals surface area contributed by atoms with Crippen molar-refractivity contribution in [1.82, 2.24) is 10.6 Å². The summed E-state index contributed by atoms with van der Waals surface area (Å²) in [6, 6.07) is 0. The highest BCUT2D eigenvalue weighted by atomic mass is 16.2. The molecule has 136 valence electrons. The van der Waals surface area contributed by atoms with Gasteiger partial charge in [0.05, 0.1) is 54.4 Å². The molecule has 0 aliphatic heterocycles. The van der Waals surface area contributed by atoms with Crippen LogP contribution in [0.1, 0.15) is 33.1 Å². The second-order valence-corrected chi connectivity index (χ2v) is 7.79. The summed E-state index contributed by atoms with van der Waals surface area (Å²) in [6.45, 7) is 9.11. The molecule has 0 heterocycles. The molecule has 0 fully saturated rings. The fourth-order valence-electron chi connectivity index (χ4n) is 2.69. The van der Waals surface area contributed by atoms with Crippen LogP contribution in [0.3, 0.4) is 0 Å². The average molecular weight is 331 g/mol. The minimum atomic E-state index is 0.0496. The molecule has 0 aliphatic carbocycles. The molecule has 0 spiro atoms. The third-order valence-corrected chi connectivity index (χ3v) is 4.16. The normalized spacial score (nSPS) is 12.1. The van der Waals surface area contributed by atoms with E-state index < -0.39 is 0 Å². The van der Waals surface area contributed by atoms with Gasteiger partial charge in [-0.2, -0.15) is 0 Å². The first kappa shape index (κ1) is 21.9. The van der Waals surface area contributed by atoms with Gasteiger partial charge < -0.3 is 19.6 Å². The molecule has 6 heteroatoms. The molecular weight excluding hydrogens is 292 g/mol. The summed E-state index contributed by atoms with van der Waals surface area (Å²) in [5.41, 5.74) is 0. The quantitative estimate of drug-likeness (QED) is 0.406. The van der Waals surface area contributed by atoms with Gasteiger partial charge in [-0.1, -0.05) is 0 Å². The van der Waals surface area contributed by atoms with Gasteiger partial charge in [0.2, 0.25) is 11.8 Å². The van der Waals surface area contributed by atoms with Crippen molar-refractivity contribution in [3.05, 3.63) is 0 Å². The smallest absolute Gasteiger partial charge is 0.216 e. The van der Waals surface area contributed by atoms with Crippen molar-refractivity contribution in [1.29, 1.82) is 0 Å². The zero-order valence-electron chi connectivity index (χ0n) is 16.1. The van der Waals surface area contributed by atoms with Gasteiger partial charge in [0.25, 0.3) is 0 Å². The molecule has 0 saturated heterocycles. The zero-order valence-corrected chi connectivity index (χ0v) is 16.1. The second-order valence-electron chi connectivity index (χ2n) is 7.79. The van der Waals surface area contributed by atoms with Gasteiger partial charge in [-0.25, -0.2) is 0 Å². The van der Waals surface area contributed by atoms with Crippen molar-refractivity contribution in [2.24, 2.45) is 0 Å². The highest BCUT2D eigenvalue weighted by Crippen LogP contribution is 2.06. The predicted octanol–water partition coefficient (Wildman–Crippen LogP) is 0.582. The Bertz CT molecular complexity index is 334. The van der Waals surface area contributed by atoms with Crippen molar-refractivity contribution in [3.8, 4) is 0 Å². The van der Waals surface area contributed by atoms with E-state index in [2.05, 4.69) is 38.8 Å². The molecule has 0 bridgehead atoms. The van der Waals surface area contributed by atoms with E-state index in [4.69, 9.17) is 0 Å². The number of hydrogen-bond acceptors (Lipinski definition) is 2. The van der Waals surface area contributed by atoms with Crippen molar-refractivity contribution in [2.75, 3.05) is 67.5 Å². The molecule has 0 aromatic carbocycles. The fourth-order valence-corrected chi connectivity index (χ4v) is 2.69. The predicted molar refractivity (Wildman–Crippen MR) is 94.9 cm³/mol. The van der Waals surface area contributed by atoms with Crippen molar-refractivity contribution >= 4 is 11.8 Å². The Morgan fingerprint density at radius 3 is 1.26 bits per heavy atom. The Morgan fingerprint density at radius 1 is 0.652 bits per heavy atom. The Kier molecular flexibility index (Phi) is 10.1. The highest BCUT2D eigenvalue weighted by molar-refractivity contribution is 5.72. The lowest BCUT2D eigenvalue weighted by atomic mass is 10.2. The van der Waals surface area contributed by atoms with Crippen LogP contribution in [0.5, 0.6) is 0 Å². The van der Waals surface area contributed by atoms with Crippen LogP contribution in [-0.4, -0.2) is 88.2 Å². The minimum Gasteiger partial charge on any atom is -0.356 e. The lowest BCUT2D eigenvalue weighted by Crippen LogP contribution is -2.47. The summed E-state index contributed by atoms with van der Waals surface area (Å²) in [4.78, 5) is 21.7. The van der Waals surface area contributed by atoms with Gasteiger partial charge >= 0.3 is 0 Å². The van der Waals surface area contributed by atoms with Crippen LogP contribution in [-0.2, 0) is 9.59 Å². The summed E-state index contributed by atoms with van der Waals surface area (Å²) < 4.78 is 1.98. The Morgan fingerprint density at radius 2 is 0.957 bits per heavy atom. The van der Waals surface area contributed by atoms with Crippen LogP contribution in [0.15, 0.2) is 0 Å². The van der Waals surface area contributed by atoms with Crippen LogP contribution in [0, 0.1) is 0 Å². The lowest BCUT2D eigenvalue weighted by molar-refractivity contribution is -0.909. The van der Waals surface area contributed by atoms with Gasteiger partial charge in [-0.3, -0.25) is 9.59 Å². The van der Waals surface area contributed by atoms with E-state index >= 15 is 0 Å². The van der Waals surface area contributed by atoms with Gasteiger partial charge in [0.1, 0.15) is 0 Å². The monoisotopic (exact) mass is 330 g/mol. The maximum Gasteiger partial charge on any atom is 0.216 e. The third-order valence-electron chi connectivity index (χ3n) is 4.16. The molecule has 0 aromatic heterocycles. The number of quaternary nitrogens is 2. The van der Waals surface area contributed by atoms with Crippen LogP contribution < -0.4 is 10.6 Å². The van der Waals surface area contributed by atoms with Gasteiger partial charge in [0.15, 0.2) is 0 Å². The highest BCUT2D eigenvalue weighted by Gasteiger charge is 2.19. The number of nitrogens with zero attached hydrogens (tertiary/aromatic N) is 2. The maximum absolute atomic E-state index is 10.9. The molecule has 0 aliphatic rings. The summed E-state index contributed by atoms with van der Waals surface area (Å²) >= 11 is 0. The Balaban J connectivity index is 3.86. The number of amides is 2. The number of rotatable bonds is 12. The molecule has 23 heavy (non-hydrogen) atoms.